The second kappa shape index (κ2) is 5.86. The van der Waals surface area contributed by atoms with Gasteiger partial charge in [-0.2, -0.15) is 4.98 Å². The van der Waals surface area contributed by atoms with E-state index < -0.39 is 5.97 Å². The van der Waals surface area contributed by atoms with Gasteiger partial charge in [0, 0.05) is 20.2 Å². The van der Waals surface area contributed by atoms with Crippen LogP contribution < -0.4 is 4.90 Å². The van der Waals surface area contributed by atoms with Gasteiger partial charge in [0.25, 0.3) is 6.01 Å². The molecular formula is C12H18N2O4. The van der Waals surface area contributed by atoms with Gasteiger partial charge in [-0.05, 0) is 19.8 Å². The molecule has 1 unspecified atom stereocenters. The van der Waals surface area contributed by atoms with E-state index in [1.807, 2.05) is 4.90 Å². The first-order valence-electron chi connectivity index (χ1n) is 6.15. The molecule has 0 spiro atoms. The third-order valence-corrected chi connectivity index (χ3v) is 2.96. The highest BCUT2D eigenvalue weighted by Crippen LogP contribution is 2.20. The van der Waals surface area contributed by atoms with E-state index in [0.29, 0.717) is 12.6 Å². The van der Waals surface area contributed by atoms with E-state index in [-0.39, 0.29) is 11.8 Å². The Kier molecular flexibility index (Phi) is 4.19. The molecule has 0 aliphatic carbocycles. The number of aromatic nitrogens is 1. The third kappa shape index (κ3) is 2.81. The van der Waals surface area contributed by atoms with E-state index >= 15 is 0 Å². The molecule has 1 fully saturated rings. The van der Waals surface area contributed by atoms with Crippen LogP contribution in [-0.2, 0) is 9.47 Å². The van der Waals surface area contributed by atoms with Crippen molar-refractivity contribution in [2.24, 2.45) is 0 Å². The van der Waals surface area contributed by atoms with Gasteiger partial charge in [-0.3, -0.25) is 0 Å². The van der Waals surface area contributed by atoms with Crippen molar-refractivity contribution in [1.29, 1.82) is 0 Å². The smallest absolute Gasteiger partial charge is 0.360 e. The SMILES string of the molecule is CCOC(=O)c1coc(N2CCCC(OC)C2)n1. The zero-order valence-corrected chi connectivity index (χ0v) is 10.7. The molecule has 0 saturated carbocycles. The Morgan fingerprint density at radius 1 is 1.67 bits per heavy atom. The largest absolute Gasteiger partial charge is 0.461 e. The van der Waals surface area contributed by atoms with Gasteiger partial charge in [0.05, 0.1) is 12.7 Å². The first-order chi connectivity index (χ1) is 8.74. The number of methoxy groups -OCH3 is 1. The second-order valence-electron chi connectivity index (χ2n) is 4.18. The summed E-state index contributed by atoms with van der Waals surface area (Å²) in [5.41, 5.74) is 0.214. The standard InChI is InChI=1S/C12H18N2O4/c1-3-17-11(15)10-8-18-12(13-10)14-6-4-5-9(7-14)16-2/h8-9H,3-7H2,1-2H3. The molecule has 100 valence electrons. The van der Waals surface area contributed by atoms with Crippen molar-refractivity contribution in [2.75, 3.05) is 31.7 Å². The Hall–Kier alpha value is -1.56. The van der Waals surface area contributed by atoms with Crippen molar-refractivity contribution in [3.63, 3.8) is 0 Å². The number of rotatable bonds is 4. The maximum Gasteiger partial charge on any atom is 0.360 e. The summed E-state index contributed by atoms with van der Waals surface area (Å²) in [4.78, 5) is 17.6. The summed E-state index contributed by atoms with van der Waals surface area (Å²) in [6.45, 7) is 3.69. The second-order valence-corrected chi connectivity index (χ2v) is 4.18. The number of ether oxygens (including phenoxy) is 2. The maximum atomic E-state index is 11.5. The van der Waals surface area contributed by atoms with Crippen LogP contribution in [0.2, 0.25) is 0 Å². The van der Waals surface area contributed by atoms with Gasteiger partial charge in [0.2, 0.25) is 0 Å². The molecule has 0 bridgehead atoms. The molecule has 2 heterocycles. The van der Waals surface area contributed by atoms with Crippen LogP contribution in [0.4, 0.5) is 6.01 Å². The Morgan fingerprint density at radius 2 is 2.50 bits per heavy atom. The van der Waals surface area contributed by atoms with E-state index in [0.717, 1.165) is 25.9 Å². The van der Waals surface area contributed by atoms with Gasteiger partial charge < -0.3 is 18.8 Å². The van der Waals surface area contributed by atoms with Crippen molar-refractivity contribution < 1.29 is 18.7 Å². The number of carbonyl (C=O) groups excluding carboxylic acids is 1. The molecule has 18 heavy (non-hydrogen) atoms. The lowest BCUT2D eigenvalue weighted by atomic mass is 10.1. The quantitative estimate of drug-likeness (QED) is 0.758. The zero-order chi connectivity index (χ0) is 13.0. The minimum Gasteiger partial charge on any atom is -0.461 e. The van der Waals surface area contributed by atoms with Crippen LogP contribution in [0.3, 0.4) is 0 Å². The molecule has 0 N–H and O–H groups in total. The molecule has 0 amide bonds. The fourth-order valence-corrected chi connectivity index (χ4v) is 2.01. The van der Waals surface area contributed by atoms with Crippen LogP contribution in [0.5, 0.6) is 0 Å². The van der Waals surface area contributed by atoms with Crippen LogP contribution in [0.25, 0.3) is 0 Å². The summed E-state index contributed by atoms with van der Waals surface area (Å²) in [5, 5.41) is 0. The maximum absolute atomic E-state index is 11.5. The van der Waals surface area contributed by atoms with Crippen molar-refractivity contribution >= 4 is 12.0 Å². The molecule has 1 aromatic rings. The molecule has 2 rings (SSSR count). The van der Waals surface area contributed by atoms with Crippen LogP contribution in [0.1, 0.15) is 30.3 Å². The van der Waals surface area contributed by atoms with Gasteiger partial charge in [0.1, 0.15) is 6.26 Å². The number of anilines is 1. The van der Waals surface area contributed by atoms with Crippen LogP contribution in [-0.4, -0.2) is 43.9 Å². The first kappa shape index (κ1) is 12.9. The lowest BCUT2D eigenvalue weighted by Gasteiger charge is -2.30. The van der Waals surface area contributed by atoms with Gasteiger partial charge in [-0.25, -0.2) is 4.79 Å². The molecular weight excluding hydrogens is 236 g/mol. The molecule has 1 atom stereocenters. The Bertz CT molecular complexity index is 405. The monoisotopic (exact) mass is 254 g/mol. The van der Waals surface area contributed by atoms with Gasteiger partial charge in [-0.1, -0.05) is 0 Å². The molecule has 1 aliphatic rings. The number of nitrogens with zero attached hydrogens (tertiary/aromatic N) is 2. The van der Waals surface area contributed by atoms with Crippen molar-refractivity contribution in [3.8, 4) is 0 Å². The highest BCUT2D eigenvalue weighted by Gasteiger charge is 2.24. The molecule has 1 aliphatic heterocycles. The topological polar surface area (TPSA) is 64.8 Å². The van der Waals surface area contributed by atoms with Crippen LogP contribution in [0, 0.1) is 0 Å². The van der Waals surface area contributed by atoms with Crippen LogP contribution in [0.15, 0.2) is 10.7 Å². The normalized spacial score (nSPS) is 19.9. The Balaban J connectivity index is 2.03. The minimum atomic E-state index is -0.451. The van der Waals surface area contributed by atoms with E-state index in [9.17, 15) is 4.79 Å². The van der Waals surface area contributed by atoms with Crippen molar-refractivity contribution in [1.82, 2.24) is 4.98 Å². The van der Waals surface area contributed by atoms with E-state index in [4.69, 9.17) is 13.9 Å². The number of hydrogen-bond donors (Lipinski definition) is 0. The molecule has 6 nitrogen and oxygen atoms in total. The third-order valence-electron chi connectivity index (χ3n) is 2.96. The molecule has 6 heteroatoms. The Morgan fingerprint density at radius 3 is 3.22 bits per heavy atom. The summed E-state index contributed by atoms with van der Waals surface area (Å²) >= 11 is 0. The van der Waals surface area contributed by atoms with E-state index in [1.165, 1.54) is 6.26 Å². The number of oxazole rings is 1. The van der Waals surface area contributed by atoms with Crippen molar-refractivity contribution in [3.05, 3.63) is 12.0 Å². The predicted molar refractivity (Wildman–Crippen MR) is 64.7 cm³/mol. The van der Waals surface area contributed by atoms with E-state index in [1.54, 1.807) is 14.0 Å². The van der Waals surface area contributed by atoms with Crippen LogP contribution >= 0.6 is 0 Å². The van der Waals surface area contributed by atoms with E-state index in [2.05, 4.69) is 4.98 Å². The number of hydrogen-bond acceptors (Lipinski definition) is 6. The van der Waals surface area contributed by atoms with Gasteiger partial charge >= 0.3 is 5.97 Å². The summed E-state index contributed by atoms with van der Waals surface area (Å²) in [6.07, 6.45) is 3.59. The first-order valence-corrected chi connectivity index (χ1v) is 6.15. The summed E-state index contributed by atoms with van der Waals surface area (Å²) in [7, 11) is 1.70. The summed E-state index contributed by atoms with van der Waals surface area (Å²) in [5.74, 6) is -0.451. The lowest BCUT2D eigenvalue weighted by molar-refractivity contribution is 0.0519. The lowest BCUT2D eigenvalue weighted by Crippen LogP contribution is -2.39. The highest BCUT2D eigenvalue weighted by atomic mass is 16.5. The summed E-state index contributed by atoms with van der Waals surface area (Å²) in [6, 6.07) is 0.458. The van der Waals surface area contributed by atoms with Gasteiger partial charge in [-0.15, -0.1) is 0 Å². The molecule has 1 saturated heterocycles. The van der Waals surface area contributed by atoms with Crippen molar-refractivity contribution in [2.45, 2.75) is 25.9 Å². The molecule has 0 radical (unpaired) electrons. The minimum absolute atomic E-state index is 0.191. The molecule has 0 aromatic carbocycles. The zero-order valence-electron chi connectivity index (χ0n) is 10.7. The molecule has 1 aromatic heterocycles. The van der Waals surface area contributed by atoms with Gasteiger partial charge in [0.15, 0.2) is 5.69 Å². The Labute approximate surface area is 106 Å². The number of carbonyl (C=O) groups is 1. The fraction of sp³-hybridized carbons (Fsp3) is 0.667. The number of piperidine rings is 1. The number of esters is 1. The summed E-state index contributed by atoms with van der Waals surface area (Å²) < 4.78 is 15.5. The fourth-order valence-electron chi connectivity index (χ4n) is 2.01. The highest BCUT2D eigenvalue weighted by molar-refractivity contribution is 5.87. The average Bonchev–Trinajstić information content (AvgIpc) is 2.89. The average molecular weight is 254 g/mol. The predicted octanol–water partition coefficient (Wildman–Crippen LogP) is 1.47.